The topological polar surface area (TPSA) is 9.23 Å². The minimum atomic E-state index is 0.544. The lowest BCUT2D eigenvalue weighted by molar-refractivity contribution is 0.306. The van der Waals surface area contributed by atoms with Crippen LogP contribution in [0, 0.1) is 17.8 Å². The van der Waals surface area contributed by atoms with Crippen molar-refractivity contribution in [1.29, 1.82) is 0 Å². The van der Waals surface area contributed by atoms with Crippen LogP contribution in [0.15, 0.2) is 48.5 Å². The van der Waals surface area contributed by atoms with Gasteiger partial charge in [0, 0.05) is 11.5 Å². The number of unbranched alkanes of at least 4 members (excludes halogenated alkanes) is 2. The van der Waals surface area contributed by atoms with Crippen LogP contribution in [0.25, 0.3) is 0 Å². The monoisotopic (exact) mass is 388 g/mol. The van der Waals surface area contributed by atoms with Gasteiger partial charge in [-0.2, -0.15) is 0 Å². The van der Waals surface area contributed by atoms with E-state index in [0.29, 0.717) is 11.8 Å². The summed E-state index contributed by atoms with van der Waals surface area (Å²) in [6.45, 7) is 5.28. The van der Waals surface area contributed by atoms with Crippen LogP contribution in [-0.2, 0) is 6.42 Å². The van der Waals surface area contributed by atoms with Gasteiger partial charge in [-0.05, 0) is 79.8 Å². The molecule has 0 atom stereocenters. The molecule has 1 heteroatoms. The van der Waals surface area contributed by atoms with Crippen LogP contribution in [-0.4, -0.2) is 6.61 Å². The molecule has 3 rings (SSSR count). The average Bonchev–Trinajstić information content (AvgIpc) is 2.77. The molecule has 2 aromatic carbocycles. The fraction of sp³-hybridized carbons (Fsp3) is 0.500. The molecule has 0 heterocycles. The van der Waals surface area contributed by atoms with Crippen LogP contribution in [0.4, 0.5) is 0 Å². The largest absolute Gasteiger partial charge is 0.494 e. The predicted octanol–water partition coefficient (Wildman–Crippen LogP) is 7.53. The molecule has 0 aromatic heterocycles. The van der Waals surface area contributed by atoms with Gasteiger partial charge in [0.1, 0.15) is 5.75 Å². The van der Waals surface area contributed by atoms with E-state index in [1.807, 2.05) is 0 Å². The third kappa shape index (κ3) is 6.97. The van der Waals surface area contributed by atoms with Crippen molar-refractivity contribution in [2.24, 2.45) is 5.92 Å². The number of rotatable bonds is 8. The molecule has 0 radical (unpaired) electrons. The molecule has 0 spiro atoms. The Morgan fingerprint density at radius 1 is 0.828 bits per heavy atom. The van der Waals surface area contributed by atoms with Crippen LogP contribution >= 0.6 is 0 Å². The van der Waals surface area contributed by atoms with Crippen LogP contribution < -0.4 is 4.74 Å². The van der Waals surface area contributed by atoms with E-state index in [1.165, 1.54) is 56.1 Å². The van der Waals surface area contributed by atoms with E-state index in [4.69, 9.17) is 4.74 Å². The maximum Gasteiger partial charge on any atom is 0.119 e. The maximum atomic E-state index is 5.84. The van der Waals surface area contributed by atoms with E-state index in [1.54, 1.807) is 0 Å². The first-order chi connectivity index (χ1) is 14.3. The number of benzene rings is 2. The molecule has 1 nitrogen and oxygen atoms in total. The van der Waals surface area contributed by atoms with Crippen molar-refractivity contribution in [2.75, 3.05) is 6.61 Å². The van der Waals surface area contributed by atoms with Gasteiger partial charge in [-0.1, -0.05) is 69.2 Å². The molecule has 0 aliphatic heterocycles. The van der Waals surface area contributed by atoms with Crippen LogP contribution in [0.3, 0.4) is 0 Å². The Morgan fingerprint density at radius 2 is 1.55 bits per heavy atom. The summed E-state index contributed by atoms with van der Waals surface area (Å²) < 4.78 is 5.84. The first-order valence-corrected chi connectivity index (χ1v) is 11.6. The molecule has 1 aliphatic carbocycles. The number of hydrogen-bond donors (Lipinski definition) is 0. The summed E-state index contributed by atoms with van der Waals surface area (Å²) in [4.78, 5) is 0. The zero-order valence-electron chi connectivity index (χ0n) is 18.3. The molecular weight excluding hydrogens is 352 g/mol. The zero-order valence-corrected chi connectivity index (χ0v) is 18.3. The minimum absolute atomic E-state index is 0.544. The lowest BCUT2D eigenvalue weighted by Gasteiger charge is -2.26. The summed E-state index contributed by atoms with van der Waals surface area (Å²) >= 11 is 0. The van der Waals surface area contributed by atoms with Gasteiger partial charge in [-0.3, -0.25) is 0 Å². The first-order valence-electron chi connectivity index (χ1n) is 11.6. The first kappa shape index (κ1) is 21.5. The fourth-order valence-corrected chi connectivity index (χ4v) is 4.18. The number of ether oxygens (including phenoxy) is 1. The third-order valence-corrected chi connectivity index (χ3v) is 6.01. The van der Waals surface area contributed by atoms with Crippen molar-refractivity contribution in [3.05, 3.63) is 65.2 Å². The molecule has 1 saturated carbocycles. The maximum absolute atomic E-state index is 5.84. The van der Waals surface area contributed by atoms with E-state index in [0.717, 1.165) is 30.8 Å². The molecule has 154 valence electrons. The van der Waals surface area contributed by atoms with Gasteiger partial charge in [0.05, 0.1) is 6.61 Å². The van der Waals surface area contributed by atoms with Gasteiger partial charge in [0.25, 0.3) is 0 Å². The van der Waals surface area contributed by atoms with E-state index in [2.05, 4.69) is 74.2 Å². The van der Waals surface area contributed by atoms with Crippen molar-refractivity contribution >= 4 is 0 Å². The van der Waals surface area contributed by atoms with Gasteiger partial charge in [0.2, 0.25) is 0 Å². The number of aryl methyl sites for hydroxylation is 1. The van der Waals surface area contributed by atoms with Crippen molar-refractivity contribution in [3.63, 3.8) is 0 Å². The Balaban J connectivity index is 1.45. The molecule has 1 aliphatic rings. The second kappa shape index (κ2) is 11.7. The van der Waals surface area contributed by atoms with Gasteiger partial charge in [-0.25, -0.2) is 0 Å². The molecule has 0 saturated heterocycles. The third-order valence-electron chi connectivity index (χ3n) is 6.01. The molecule has 29 heavy (non-hydrogen) atoms. The predicted molar refractivity (Wildman–Crippen MR) is 123 cm³/mol. The highest BCUT2D eigenvalue weighted by atomic mass is 16.5. The van der Waals surface area contributed by atoms with Crippen LogP contribution in [0.2, 0.25) is 0 Å². The molecule has 2 aromatic rings. The molecule has 0 amide bonds. The molecule has 0 N–H and O–H groups in total. The summed E-state index contributed by atoms with van der Waals surface area (Å²) in [5.74, 6) is 9.17. The van der Waals surface area contributed by atoms with E-state index in [9.17, 15) is 0 Å². The SMILES string of the molecule is CCCCCOc1ccc(C2CCC(C#Cc3ccc(CCC)cc3)CC2)cc1. The van der Waals surface area contributed by atoms with Crippen molar-refractivity contribution in [3.8, 4) is 17.6 Å². The standard InChI is InChI=1S/C28H36O/c1-3-5-6-22-29-28-20-18-27(19-21-28)26-16-14-25(15-17-26)13-12-24-10-8-23(7-4-2)9-11-24/h8-11,18-21,25-26H,3-7,14-17,22H2,1-2H3. The van der Waals surface area contributed by atoms with Crippen molar-refractivity contribution in [2.45, 2.75) is 77.6 Å². The summed E-state index contributed by atoms with van der Waals surface area (Å²) in [6, 6.07) is 17.6. The highest BCUT2D eigenvalue weighted by molar-refractivity contribution is 5.37. The average molecular weight is 389 g/mol. The molecule has 0 bridgehead atoms. The normalized spacial score (nSPS) is 18.7. The molecule has 0 unspecified atom stereocenters. The van der Waals surface area contributed by atoms with Crippen molar-refractivity contribution < 1.29 is 4.74 Å². The van der Waals surface area contributed by atoms with Crippen LogP contribution in [0.1, 0.15) is 87.8 Å². The van der Waals surface area contributed by atoms with Gasteiger partial charge < -0.3 is 4.74 Å². The Kier molecular flexibility index (Phi) is 8.69. The van der Waals surface area contributed by atoms with E-state index >= 15 is 0 Å². The lowest BCUT2D eigenvalue weighted by atomic mass is 9.79. The molecule has 1 fully saturated rings. The summed E-state index contributed by atoms with van der Waals surface area (Å²) in [7, 11) is 0. The van der Waals surface area contributed by atoms with E-state index in [-0.39, 0.29) is 0 Å². The Morgan fingerprint density at radius 3 is 2.21 bits per heavy atom. The minimum Gasteiger partial charge on any atom is -0.494 e. The highest BCUT2D eigenvalue weighted by Gasteiger charge is 2.21. The van der Waals surface area contributed by atoms with Crippen molar-refractivity contribution in [1.82, 2.24) is 0 Å². The number of hydrogen-bond acceptors (Lipinski definition) is 1. The Bertz CT molecular complexity index is 768. The highest BCUT2D eigenvalue weighted by Crippen LogP contribution is 2.36. The summed E-state index contributed by atoms with van der Waals surface area (Å²) in [5, 5.41) is 0. The fourth-order valence-electron chi connectivity index (χ4n) is 4.18. The second-order valence-electron chi connectivity index (χ2n) is 8.39. The smallest absolute Gasteiger partial charge is 0.119 e. The van der Waals surface area contributed by atoms with Gasteiger partial charge >= 0.3 is 0 Å². The quantitative estimate of drug-likeness (QED) is 0.335. The summed E-state index contributed by atoms with van der Waals surface area (Å²) in [6.07, 6.45) is 10.9. The lowest BCUT2D eigenvalue weighted by Crippen LogP contribution is -2.12. The second-order valence-corrected chi connectivity index (χ2v) is 8.39. The Labute approximate surface area is 177 Å². The van der Waals surface area contributed by atoms with Crippen LogP contribution in [0.5, 0.6) is 5.75 Å². The van der Waals surface area contributed by atoms with E-state index < -0.39 is 0 Å². The van der Waals surface area contributed by atoms with Gasteiger partial charge in [-0.15, -0.1) is 0 Å². The molecular formula is C28H36O. The summed E-state index contributed by atoms with van der Waals surface area (Å²) in [5.41, 5.74) is 4.03. The zero-order chi connectivity index (χ0) is 20.3. The Hall–Kier alpha value is -2.20. The van der Waals surface area contributed by atoms with Gasteiger partial charge in [0.15, 0.2) is 0 Å².